The summed E-state index contributed by atoms with van der Waals surface area (Å²) >= 11 is 0. The van der Waals surface area contributed by atoms with Gasteiger partial charge in [0, 0.05) is 5.92 Å². The van der Waals surface area contributed by atoms with Gasteiger partial charge in [0.25, 0.3) is 0 Å². The minimum Gasteiger partial charge on any atom is -0.467 e. The molecule has 0 heterocycles. The molecule has 0 saturated carbocycles. The molecule has 2 unspecified atom stereocenters. The Bertz CT molecular complexity index is 393. The van der Waals surface area contributed by atoms with Gasteiger partial charge in [-0.3, -0.25) is 0 Å². The summed E-state index contributed by atoms with van der Waals surface area (Å²) in [7, 11) is 1.11. The number of hydrogen-bond acceptors (Lipinski definition) is 3. The van der Waals surface area contributed by atoms with Gasteiger partial charge in [-0.2, -0.15) is 0 Å². The molecule has 0 bridgehead atoms. The number of ether oxygens (including phenoxy) is 1. The first-order valence-electron chi connectivity index (χ1n) is 4.68. The number of aliphatic hydroxyl groups is 1. The number of esters is 1. The summed E-state index contributed by atoms with van der Waals surface area (Å²) < 4.78 is 30.6. The van der Waals surface area contributed by atoms with E-state index in [-0.39, 0.29) is 5.56 Å². The summed E-state index contributed by atoms with van der Waals surface area (Å²) in [6, 6.07) is 3.60. The zero-order valence-corrected chi connectivity index (χ0v) is 8.91. The molecule has 0 fully saturated rings. The SMILES string of the molecule is COC(=O)C(O)C(C)c1cccc(F)c1F. The zero-order chi connectivity index (χ0) is 12.3. The number of aliphatic hydroxyl groups excluding tert-OH is 1. The van der Waals surface area contributed by atoms with Crippen molar-refractivity contribution in [1.29, 1.82) is 0 Å². The lowest BCUT2D eigenvalue weighted by molar-refractivity contribution is -0.151. The quantitative estimate of drug-likeness (QED) is 0.802. The van der Waals surface area contributed by atoms with Crippen LogP contribution in [0, 0.1) is 11.6 Å². The average molecular weight is 230 g/mol. The Hall–Kier alpha value is -1.49. The lowest BCUT2D eigenvalue weighted by atomic mass is 9.95. The number of carbonyl (C=O) groups is 1. The molecule has 1 rings (SSSR count). The van der Waals surface area contributed by atoms with Crippen LogP contribution in [0.4, 0.5) is 8.78 Å². The summed E-state index contributed by atoms with van der Waals surface area (Å²) in [6.07, 6.45) is -1.51. The first-order chi connectivity index (χ1) is 7.49. The Morgan fingerprint density at radius 2 is 2.06 bits per heavy atom. The van der Waals surface area contributed by atoms with Crippen molar-refractivity contribution in [1.82, 2.24) is 0 Å². The average Bonchev–Trinajstić information content (AvgIpc) is 2.29. The first-order valence-corrected chi connectivity index (χ1v) is 4.68. The second-order valence-corrected chi connectivity index (χ2v) is 3.40. The fourth-order valence-corrected chi connectivity index (χ4v) is 1.37. The molecule has 2 atom stereocenters. The van der Waals surface area contributed by atoms with Crippen LogP contribution in [0.2, 0.25) is 0 Å². The number of carbonyl (C=O) groups excluding carboxylic acids is 1. The van der Waals surface area contributed by atoms with Crippen LogP contribution < -0.4 is 0 Å². The minimum atomic E-state index is -1.51. The van der Waals surface area contributed by atoms with Gasteiger partial charge in [-0.1, -0.05) is 19.1 Å². The van der Waals surface area contributed by atoms with E-state index >= 15 is 0 Å². The van der Waals surface area contributed by atoms with E-state index in [0.717, 1.165) is 13.2 Å². The van der Waals surface area contributed by atoms with Gasteiger partial charge in [0.1, 0.15) is 0 Å². The fraction of sp³-hybridized carbons (Fsp3) is 0.364. The van der Waals surface area contributed by atoms with Crippen LogP contribution in [0.25, 0.3) is 0 Å². The van der Waals surface area contributed by atoms with Crippen LogP contribution in [0.3, 0.4) is 0 Å². The number of rotatable bonds is 3. The van der Waals surface area contributed by atoms with Gasteiger partial charge < -0.3 is 9.84 Å². The zero-order valence-electron chi connectivity index (χ0n) is 8.91. The molecule has 5 heteroatoms. The van der Waals surface area contributed by atoms with Crippen molar-refractivity contribution in [2.45, 2.75) is 18.9 Å². The molecule has 1 aromatic carbocycles. The summed E-state index contributed by atoms with van der Waals surface area (Å²) in [5.41, 5.74) is -0.0575. The smallest absolute Gasteiger partial charge is 0.335 e. The molecular formula is C11H12F2O3. The monoisotopic (exact) mass is 230 g/mol. The number of hydrogen-bond donors (Lipinski definition) is 1. The van der Waals surface area contributed by atoms with E-state index in [1.165, 1.54) is 19.1 Å². The highest BCUT2D eigenvalue weighted by molar-refractivity contribution is 5.75. The highest BCUT2D eigenvalue weighted by Crippen LogP contribution is 2.24. The Morgan fingerprint density at radius 3 is 2.62 bits per heavy atom. The van der Waals surface area contributed by atoms with E-state index in [4.69, 9.17) is 0 Å². The van der Waals surface area contributed by atoms with Crippen LogP contribution in [-0.4, -0.2) is 24.3 Å². The number of benzene rings is 1. The molecule has 1 aromatic rings. The largest absolute Gasteiger partial charge is 0.467 e. The molecule has 0 aliphatic rings. The van der Waals surface area contributed by atoms with Crippen LogP contribution in [0.15, 0.2) is 18.2 Å². The van der Waals surface area contributed by atoms with E-state index in [1.54, 1.807) is 0 Å². The third-order valence-corrected chi connectivity index (χ3v) is 2.39. The maximum absolute atomic E-state index is 13.3. The topological polar surface area (TPSA) is 46.5 Å². The molecule has 0 saturated heterocycles. The first kappa shape index (κ1) is 12.6. The second kappa shape index (κ2) is 5.03. The van der Waals surface area contributed by atoms with Crippen molar-refractivity contribution >= 4 is 5.97 Å². The van der Waals surface area contributed by atoms with Crippen LogP contribution in [0.1, 0.15) is 18.4 Å². The normalized spacial score (nSPS) is 14.3. The molecule has 0 radical (unpaired) electrons. The highest BCUT2D eigenvalue weighted by atomic mass is 19.2. The fourth-order valence-electron chi connectivity index (χ4n) is 1.37. The third kappa shape index (κ3) is 2.36. The molecule has 0 aromatic heterocycles. The lowest BCUT2D eigenvalue weighted by Crippen LogP contribution is -2.28. The van der Waals surface area contributed by atoms with Gasteiger partial charge in [0.05, 0.1) is 7.11 Å². The van der Waals surface area contributed by atoms with Gasteiger partial charge in [-0.15, -0.1) is 0 Å². The Balaban J connectivity index is 3.00. The van der Waals surface area contributed by atoms with Crippen molar-refractivity contribution in [3.8, 4) is 0 Å². The maximum atomic E-state index is 13.3. The van der Waals surface area contributed by atoms with Crippen LogP contribution >= 0.6 is 0 Å². The maximum Gasteiger partial charge on any atom is 0.335 e. The van der Waals surface area contributed by atoms with Crippen molar-refractivity contribution < 1.29 is 23.4 Å². The molecule has 88 valence electrons. The van der Waals surface area contributed by atoms with Gasteiger partial charge in [0.15, 0.2) is 17.7 Å². The van der Waals surface area contributed by atoms with E-state index in [1.807, 2.05) is 0 Å². The molecule has 1 N–H and O–H groups in total. The van der Waals surface area contributed by atoms with Crippen molar-refractivity contribution in [2.75, 3.05) is 7.11 Å². The van der Waals surface area contributed by atoms with Crippen LogP contribution in [-0.2, 0) is 9.53 Å². The summed E-state index contributed by atoms with van der Waals surface area (Å²) in [5.74, 6) is -3.82. The Morgan fingerprint density at radius 1 is 1.44 bits per heavy atom. The Kier molecular flexibility index (Phi) is 3.95. The molecule has 0 spiro atoms. The van der Waals surface area contributed by atoms with E-state index in [2.05, 4.69) is 4.74 Å². The van der Waals surface area contributed by atoms with E-state index < -0.39 is 29.6 Å². The van der Waals surface area contributed by atoms with Gasteiger partial charge in [-0.05, 0) is 11.6 Å². The van der Waals surface area contributed by atoms with Gasteiger partial charge in [0.2, 0.25) is 0 Å². The lowest BCUT2D eigenvalue weighted by Gasteiger charge is -2.17. The van der Waals surface area contributed by atoms with E-state index in [0.29, 0.717) is 0 Å². The van der Waals surface area contributed by atoms with Crippen molar-refractivity contribution in [3.63, 3.8) is 0 Å². The standard InChI is InChI=1S/C11H12F2O3/c1-6(10(14)11(15)16-2)7-4-3-5-8(12)9(7)13/h3-6,10,14H,1-2H3. The summed E-state index contributed by atoms with van der Waals surface area (Å²) in [6.45, 7) is 1.42. The van der Waals surface area contributed by atoms with Gasteiger partial charge in [-0.25, -0.2) is 13.6 Å². The summed E-state index contributed by atoms with van der Waals surface area (Å²) in [4.78, 5) is 11.0. The van der Waals surface area contributed by atoms with E-state index in [9.17, 15) is 18.7 Å². The van der Waals surface area contributed by atoms with Crippen LogP contribution in [0.5, 0.6) is 0 Å². The molecule has 0 aliphatic carbocycles. The molecule has 16 heavy (non-hydrogen) atoms. The minimum absolute atomic E-state index is 0.0575. The predicted octanol–water partition coefficient (Wildman–Crippen LogP) is 1.60. The molecular weight excluding hydrogens is 218 g/mol. The van der Waals surface area contributed by atoms with Crippen molar-refractivity contribution in [3.05, 3.63) is 35.4 Å². The Labute approximate surface area is 91.7 Å². The molecule has 3 nitrogen and oxygen atoms in total. The summed E-state index contributed by atoms with van der Waals surface area (Å²) in [5, 5.41) is 9.49. The highest BCUT2D eigenvalue weighted by Gasteiger charge is 2.27. The molecule has 0 amide bonds. The molecule has 0 aliphatic heterocycles. The van der Waals surface area contributed by atoms with Crippen molar-refractivity contribution in [2.24, 2.45) is 0 Å². The second-order valence-electron chi connectivity index (χ2n) is 3.40. The van der Waals surface area contributed by atoms with Gasteiger partial charge >= 0.3 is 5.97 Å². The third-order valence-electron chi connectivity index (χ3n) is 2.39. The predicted molar refractivity (Wildman–Crippen MR) is 52.8 cm³/mol. The number of halogens is 2. The number of methoxy groups -OCH3 is 1.